The van der Waals surface area contributed by atoms with Crippen LogP contribution in [0.5, 0.6) is 0 Å². The van der Waals surface area contributed by atoms with E-state index in [-0.39, 0.29) is 23.7 Å². The Labute approximate surface area is 113 Å². The zero-order valence-electron chi connectivity index (χ0n) is 11.3. The fourth-order valence-corrected chi connectivity index (χ4v) is 2.97. The molecule has 1 heterocycles. The number of halogens is 1. The Balaban J connectivity index is 2.15. The SMILES string of the molecule is CCC(c1ccc(F)cc1)N1C[C@@H](C)[C@H](C(=O)O)C1. The van der Waals surface area contributed by atoms with Crippen molar-refractivity contribution in [1.29, 1.82) is 0 Å². The van der Waals surface area contributed by atoms with Crippen molar-refractivity contribution in [3.8, 4) is 0 Å². The molecule has 4 heteroatoms. The molecule has 1 saturated heterocycles. The van der Waals surface area contributed by atoms with Crippen molar-refractivity contribution in [3.63, 3.8) is 0 Å². The first-order chi connectivity index (χ1) is 9.02. The second kappa shape index (κ2) is 5.70. The van der Waals surface area contributed by atoms with Gasteiger partial charge < -0.3 is 5.11 Å². The third-order valence-electron chi connectivity index (χ3n) is 4.04. The average Bonchev–Trinajstić information content (AvgIpc) is 2.75. The number of carboxylic acid groups (broad SMARTS) is 1. The van der Waals surface area contributed by atoms with E-state index in [1.807, 2.05) is 6.92 Å². The van der Waals surface area contributed by atoms with Gasteiger partial charge >= 0.3 is 5.97 Å². The molecule has 1 aliphatic heterocycles. The van der Waals surface area contributed by atoms with Crippen LogP contribution < -0.4 is 0 Å². The Bertz CT molecular complexity index is 446. The number of hydrogen-bond acceptors (Lipinski definition) is 2. The third kappa shape index (κ3) is 2.95. The summed E-state index contributed by atoms with van der Waals surface area (Å²) in [5, 5.41) is 9.19. The molecule has 3 atom stereocenters. The van der Waals surface area contributed by atoms with Crippen molar-refractivity contribution in [1.82, 2.24) is 4.90 Å². The normalized spacial score (nSPS) is 25.4. The van der Waals surface area contributed by atoms with Crippen LogP contribution in [0.15, 0.2) is 24.3 Å². The first kappa shape index (κ1) is 14.0. The zero-order valence-corrected chi connectivity index (χ0v) is 11.3. The summed E-state index contributed by atoms with van der Waals surface area (Å²) in [6.07, 6.45) is 0.894. The summed E-state index contributed by atoms with van der Waals surface area (Å²) in [6, 6.07) is 6.69. The van der Waals surface area contributed by atoms with Gasteiger partial charge in [-0.25, -0.2) is 4.39 Å². The topological polar surface area (TPSA) is 40.5 Å². The predicted octanol–water partition coefficient (Wildman–Crippen LogP) is 2.93. The summed E-state index contributed by atoms with van der Waals surface area (Å²) in [6.45, 7) is 5.42. The van der Waals surface area contributed by atoms with Gasteiger partial charge in [0.2, 0.25) is 0 Å². The van der Waals surface area contributed by atoms with Crippen molar-refractivity contribution < 1.29 is 14.3 Å². The molecule has 1 aromatic carbocycles. The summed E-state index contributed by atoms with van der Waals surface area (Å²) >= 11 is 0. The zero-order chi connectivity index (χ0) is 14.0. The molecular formula is C15H20FNO2. The highest BCUT2D eigenvalue weighted by molar-refractivity contribution is 5.71. The second-order valence-electron chi connectivity index (χ2n) is 5.35. The highest BCUT2D eigenvalue weighted by atomic mass is 19.1. The molecule has 104 valence electrons. The molecule has 0 spiro atoms. The molecule has 0 aliphatic carbocycles. The maximum absolute atomic E-state index is 13.0. The van der Waals surface area contributed by atoms with Crippen LogP contribution in [-0.4, -0.2) is 29.1 Å². The van der Waals surface area contributed by atoms with E-state index in [0.717, 1.165) is 18.5 Å². The van der Waals surface area contributed by atoms with E-state index in [9.17, 15) is 14.3 Å². The minimum atomic E-state index is -0.719. The van der Waals surface area contributed by atoms with Crippen LogP contribution in [0.1, 0.15) is 31.9 Å². The molecular weight excluding hydrogens is 245 g/mol. The van der Waals surface area contributed by atoms with E-state index in [1.54, 1.807) is 12.1 Å². The van der Waals surface area contributed by atoms with Gasteiger partial charge in [0, 0.05) is 19.1 Å². The molecule has 1 unspecified atom stereocenters. The number of hydrogen-bond donors (Lipinski definition) is 1. The lowest BCUT2D eigenvalue weighted by Crippen LogP contribution is -2.27. The Morgan fingerprint density at radius 1 is 1.42 bits per heavy atom. The van der Waals surface area contributed by atoms with Crippen LogP contribution in [0.2, 0.25) is 0 Å². The second-order valence-corrected chi connectivity index (χ2v) is 5.35. The number of carboxylic acids is 1. The summed E-state index contributed by atoms with van der Waals surface area (Å²) in [4.78, 5) is 13.4. The van der Waals surface area contributed by atoms with Gasteiger partial charge in [0.1, 0.15) is 5.82 Å². The fraction of sp³-hybridized carbons (Fsp3) is 0.533. The Hall–Kier alpha value is -1.42. The molecule has 1 aromatic rings. The maximum Gasteiger partial charge on any atom is 0.308 e. The molecule has 1 N–H and O–H groups in total. The van der Waals surface area contributed by atoms with Gasteiger partial charge in [0.15, 0.2) is 0 Å². The van der Waals surface area contributed by atoms with Gasteiger partial charge in [-0.1, -0.05) is 26.0 Å². The predicted molar refractivity (Wildman–Crippen MR) is 71.3 cm³/mol. The lowest BCUT2D eigenvalue weighted by molar-refractivity contribution is -0.142. The number of likely N-dealkylation sites (tertiary alicyclic amines) is 1. The Kier molecular flexibility index (Phi) is 4.20. The van der Waals surface area contributed by atoms with Crippen molar-refractivity contribution in [2.24, 2.45) is 11.8 Å². The lowest BCUT2D eigenvalue weighted by atomic mass is 9.99. The van der Waals surface area contributed by atoms with Crippen LogP contribution in [0.3, 0.4) is 0 Å². The molecule has 3 nitrogen and oxygen atoms in total. The summed E-state index contributed by atoms with van der Waals surface area (Å²) in [5.41, 5.74) is 1.06. The van der Waals surface area contributed by atoms with Crippen LogP contribution in [-0.2, 0) is 4.79 Å². The van der Waals surface area contributed by atoms with Gasteiger partial charge in [0.25, 0.3) is 0 Å². The van der Waals surface area contributed by atoms with Crippen molar-refractivity contribution in [2.75, 3.05) is 13.1 Å². The average molecular weight is 265 g/mol. The van der Waals surface area contributed by atoms with Gasteiger partial charge in [-0.3, -0.25) is 9.69 Å². The summed E-state index contributed by atoms with van der Waals surface area (Å²) in [7, 11) is 0. The summed E-state index contributed by atoms with van der Waals surface area (Å²) in [5.74, 6) is -1.10. The van der Waals surface area contributed by atoms with E-state index in [0.29, 0.717) is 6.54 Å². The largest absolute Gasteiger partial charge is 0.481 e. The molecule has 0 aromatic heterocycles. The van der Waals surface area contributed by atoms with Gasteiger partial charge in [-0.2, -0.15) is 0 Å². The minimum Gasteiger partial charge on any atom is -0.481 e. The van der Waals surface area contributed by atoms with E-state index in [2.05, 4.69) is 11.8 Å². The highest BCUT2D eigenvalue weighted by Crippen LogP contribution is 2.33. The molecule has 19 heavy (non-hydrogen) atoms. The van der Waals surface area contributed by atoms with E-state index in [1.165, 1.54) is 12.1 Å². The molecule has 2 rings (SSSR count). The van der Waals surface area contributed by atoms with Gasteiger partial charge in [-0.05, 0) is 30.0 Å². The highest BCUT2D eigenvalue weighted by Gasteiger charge is 2.37. The molecule has 1 aliphatic rings. The number of aliphatic carboxylic acids is 1. The smallest absolute Gasteiger partial charge is 0.308 e. The fourth-order valence-electron chi connectivity index (χ4n) is 2.97. The molecule has 0 amide bonds. The first-order valence-corrected chi connectivity index (χ1v) is 6.75. The third-order valence-corrected chi connectivity index (χ3v) is 4.04. The number of benzene rings is 1. The first-order valence-electron chi connectivity index (χ1n) is 6.75. The Morgan fingerprint density at radius 2 is 2.05 bits per heavy atom. The number of nitrogens with zero attached hydrogens (tertiary/aromatic N) is 1. The van der Waals surface area contributed by atoms with Crippen LogP contribution >= 0.6 is 0 Å². The molecule has 0 saturated carbocycles. The lowest BCUT2D eigenvalue weighted by Gasteiger charge is -2.27. The van der Waals surface area contributed by atoms with Crippen molar-refractivity contribution in [2.45, 2.75) is 26.3 Å². The van der Waals surface area contributed by atoms with E-state index in [4.69, 9.17) is 0 Å². The molecule has 0 bridgehead atoms. The van der Waals surface area contributed by atoms with Crippen molar-refractivity contribution >= 4 is 5.97 Å². The quantitative estimate of drug-likeness (QED) is 0.910. The van der Waals surface area contributed by atoms with Crippen LogP contribution in [0.4, 0.5) is 4.39 Å². The molecule has 0 radical (unpaired) electrons. The number of carbonyl (C=O) groups is 1. The Morgan fingerprint density at radius 3 is 2.53 bits per heavy atom. The number of rotatable bonds is 4. The van der Waals surface area contributed by atoms with Gasteiger partial charge in [0.05, 0.1) is 5.92 Å². The molecule has 1 fully saturated rings. The summed E-state index contributed by atoms with van der Waals surface area (Å²) < 4.78 is 13.0. The van der Waals surface area contributed by atoms with Crippen molar-refractivity contribution in [3.05, 3.63) is 35.6 Å². The maximum atomic E-state index is 13.0. The van der Waals surface area contributed by atoms with E-state index >= 15 is 0 Å². The van der Waals surface area contributed by atoms with Crippen LogP contribution in [0.25, 0.3) is 0 Å². The van der Waals surface area contributed by atoms with Gasteiger partial charge in [-0.15, -0.1) is 0 Å². The van der Waals surface area contributed by atoms with E-state index < -0.39 is 5.97 Å². The standard InChI is InChI=1S/C15H20FNO2/c1-3-14(11-4-6-12(16)7-5-11)17-8-10(2)13(9-17)15(18)19/h4-7,10,13-14H,3,8-9H2,1-2H3,(H,18,19)/t10-,13-,14?/m1/s1. The monoisotopic (exact) mass is 265 g/mol. The van der Waals surface area contributed by atoms with Crippen LogP contribution in [0, 0.1) is 17.7 Å². The minimum absolute atomic E-state index is 0.159.